The van der Waals surface area contributed by atoms with Gasteiger partial charge in [-0.1, -0.05) is 12.1 Å². The lowest BCUT2D eigenvalue weighted by atomic mass is 10.2. The summed E-state index contributed by atoms with van der Waals surface area (Å²) in [5.74, 6) is -0.229. The van der Waals surface area contributed by atoms with Crippen molar-refractivity contribution < 1.29 is 13.9 Å². The van der Waals surface area contributed by atoms with E-state index in [1.165, 1.54) is 35.0 Å². The molecule has 0 saturated carbocycles. The number of pyridine rings is 1. The van der Waals surface area contributed by atoms with Crippen molar-refractivity contribution in [1.82, 2.24) is 14.1 Å². The molecular formula is C23H19FN4O4. The highest BCUT2D eigenvalue weighted by atomic mass is 19.1. The molecule has 0 aliphatic carbocycles. The first-order chi connectivity index (χ1) is 15.5. The van der Waals surface area contributed by atoms with Gasteiger partial charge < -0.3 is 10.1 Å². The molecule has 0 fully saturated rings. The van der Waals surface area contributed by atoms with Crippen LogP contribution in [0.3, 0.4) is 0 Å². The molecule has 4 rings (SSSR count). The summed E-state index contributed by atoms with van der Waals surface area (Å²) in [5.41, 5.74) is 0.168. The fraction of sp³-hybridized carbons (Fsp3) is 0.130. The Bertz CT molecular complexity index is 1390. The molecule has 9 heteroatoms. The normalized spacial score (nSPS) is 10.8. The van der Waals surface area contributed by atoms with Crippen LogP contribution in [0.25, 0.3) is 11.0 Å². The molecule has 0 spiro atoms. The van der Waals surface area contributed by atoms with Crippen molar-refractivity contribution in [2.75, 3.05) is 12.4 Å². The molecule has 2 aromatic heterocycles. The number of aromatic nitrogens is 3. The van der Waals surface area contributed by atoms with Gasteiger partial charge in [-0.25, -0.2) is 14.2 Å². The van der Waals surface area contributed by atoms with Crippen molar-refractivity contribution in [2.24, 2.45) is 0 Å². The van der Waals surface area contributed by atoms with Crippen LogP contribution >= 0.6 is 0 Å². The highest BCUT2D eigenvalue weighted by Crippen LogP contribution is 2.15. The zero-order valence-corrected chi connectivity index (χ0v) is 17.1. The minimum atomic E-state index is -0.662. The fourth-order valence-corrected chi connectivity index (χ4v) is 3.33. The van der Waals surface area contributed by atoms with Crippen molar-refractivity contribution in [3.8, 4) is 5.75 Å². The molecule has 0 unspecified atom stereocenters. The lowest BCUT2D eigenvalue weighted by Crippen LogP contribution is -2.42. The van der Waals surface area contributed by atoms with E-state index in [0.717, 1.165) is 4.57 Å². The molecule has 0 bridgehead atoms. The van der Waals surface area contributed by atoms with Crippen molar-refractivity contribution in [1.29, 1.82) is 0 Å². The number of nitrogens with one attached hydrogen (secondary N) is 1. The summed E-state index contributed by atoms with van der Waals surface area (Å²) in [7, 11) is 1.54. The number of halogens is 1. The zero-order valence-electron chi connectivity index (χ0n) is 17.1. The van der Waals surface area contributed by atoms with Gasteiger partial charge in [0, 0.05) is 11.9 Å². The molecular weight excluding hydrogens is 415 g/mol. The average Bonchev–Trinajstić information content (AvgIpc) is 2.81. The van der Waals surface area contributed by atoms with E-state index < -0.39 is 23.0 Å². The molecule has 1 N–H and O–H groups in total. The van der Waals surface area contributed by atoms with Crippen LogP contribution in [-0.4, -0.2) is 27.1 Å². The fourth-order valence-electron chi connectivity index (χ4n) is 3.33. The second-order valence-electron chi connectivity index (χ2n) is 7.03. The molecule has 2 aromatic carbocycles. The molecule has 8 nitrogen and oxygen atoms in total. The highest BCUT2D eigenvalue weighted by molar-refractivity contribution is 5.91. The molecule has 32 heavy (non-hydrogen) atoms. The van der Waals surface area contributed by atoms with Crippen LogP contribution in [0, 0.1) is 5.82 Å². The number of carbonyl (C=O) groups excluding carboxylic acids is 1. The zero-order chi connectivity index (χ0) is 22.7. The first kappa shape index (κ1) is 21.0. The summed E-state index contributed by atoms with van der Waals surface area (Å²) in [4.78, 5) is 42.9. The standard InChI is InChI=1S/C23H19FN4O4/c1-32-18-10-8-17(9-11-18)26-20(29)14-27-19-3-2-12-25-21(19)22(30)28(23(27)31)13-15-4-6-16(24)7-5-15/h2-12H,13-14H2,1H3,(H,26,29). The second kappa shape index (κ2) is 8.84. The van der Waals surface area contributed by atoms with Crippen LogP contribution in [-0.2, 0) is 17.9 Å². The Morgan fingerprint density at radius 3 is 2.44 bits per heavy atom. The Labute approximate surface area is 181 Å². The van der Waals surface area contributed by atoms with Crippen LogP contribution in [0.4, 0.5) is 10.1 Å². The number of anilines is 1. The summed E-state index contributed by atoms with van der Waals surface area (Å²) >= 11 is 0. The third-order valence-electron chi connectivity index (χ3n) is 4.92. The number of amides is 1. The molecule has 0 radical (unpaired) electrons. The molecule has 0 aliphatic rings. The van der Waals surface area contributed by atoms with Gasteiger partial charge >= 0.3 is 5.69 Å². The number of carbonyl (C=O) groups is 1. The van der Waals surface area contributed by atoms with Gasteiger partial charge in [-0.3, -0.25) is 18.7 Å². The smallest absolute Gasteiger partial charge is 0.332 e. The molecule has 0 atom stereocenters. The maximum atomic E-state index is 13.2. The van der Waals surface area contributed by atoms with E-state index in [1.807, 2.05) is 0 Å². The predicted molar refractivity (Wildman–Crippen MR) is 117 cm³/mol. The first-order valence-corrected chi connectivity index (χ1v) is 9.73. The Balaban J connectivity index is 1.71. The van der Waals surface area contributed by atoms with Crippen LogP contribution in [0.2, 0.25) is 0 Å². The van der Waals surface area contributed by atoms with Crippen LogP contribution in [0.15, 0.2) is 76.4 Å². The van der Waals surface area contributed by atoms with Crippen LogP contribution in [0.5, 0.6) is 5.75 Å². The van der Waals surface area contributed by atoms with Crippen molar-refractivity contribution in [3.63, 3.8) is 0 Å². The van der Waals surface area contributed by atoms with Gasteiger partial charge in [0.15, 0.2) is 5.52 Å². The number of methoxy groups -OCH3 is 1. The third-order valence-corrected chi connectivity index (χ3v) is 4.92. The molecule has 4 aromatic rings. The summed E-state index contributed by atoms with van der Waals surface area (Å²) in [6.45, 7) is -0.401. The van der Waals surface area contributed by atoms with Crippen LogP contribution < -0.4 is 21.3 Å². The lowest BCUT2D eigenvalue weighted by Gasteiger charge is -2.14. The van der Waals surface area contributed by atoms with Crippen molar-refractivity contribution >= 4 is 22.6 Å². The number of nitrogens with zero attached hydrogens (tertiary/aromatic N) is 3. The Hall–Kier alpha value is -4.27. The quantitative estimate of drug-likeness (QED) is 0.503. The Kier molecular flexibility index (Phi) is 5.80. The highest BCUT2D eigenvalue weighted by Gasteiger charge is 2.16. The maximum absolute atomic E-state index is 13.2. The SMILES string of the molecule is COc1ccc(NC(=O)Cn2c(=O)n(Cc3ccc(F)cc3)c(=O)c3ncccc32)cc1. The summed E-state index contributed by atoms with van der Waals surface area (Å²) in [5, 5.41) is 2.72. The van der Waals surface area contributed by atoms with Crippen molar-refractivity contribution in [2.45, 2.75) is 13.1 Å². The minimum Gasteiger partial charge on any atom is -0.497 e. The van der Waals surface area contributed by atoms with Gasteiger partial charge in [0.2, 0.25) is 5.91 Å². The monoisotopic (exact) mass is 434 g/mol. The number of hydrogen-bond acceptors (Lipinski definition) is 5. The van der Waals surface area contributed by atoms with Gasteiger partial charge in [-0.2, -0.15) is 0 Å². The summed E-state index contributed by atoms with van der Waals surface area (Å²) in [6, 6.07) is 15.4. The number of fused-ring (bicyclic) bond motifs is 1. The van der Waals surface area contributed by atoms with E-state index >= 15 is 0 Å². The molecule has 162 valence electrons. The van der Waals surface area contributed by atoms with Crippen molar-refractivity contribution in [3.05, 3.63) is 99.1 Å². The topological polar surface area (TPSA) is 95.2 Å². The van der Waals surface area contributed by atoms with Gasteiger partial charge in [0.25, 0.3) is 5.56 Å². The van der Waals surface area contributed by atoms with E-state index in [0.29, 0.717) is 17.0 Å². The van der Waals surface area contributed by atoms with Gasteiger partial charge in [0.1, 0.15) is 18.1 Å². The lowest BCUT2D eigenvalue weighted by molar-refractivity contribution is -0.116. The molecule has 1 amide bonds. The first-order valence-electron chi connectivity index (χ1n) is 9.73. The van der Waals surface area contributed by atoms with Gasteiger partial charge in [-0.15, -0.1) is 0 Å². The maximum Gasteiger partial charge on any atom is 0.332 e. The predicted octanol–water partition coefficient (Wildman–Crippen LogP) is 2.39. The number of ether oxygens (including phenoxy) is 1. The van der Waals surface area contributed by atoms with Gasteiger partial charge in [0.05, 0.1) is 19.2 Å². The van der Waals surface area contributed by atoms with E-state index in [2.05, 4.69) is 10.3 Å². The molecule has 0 aliphatic heterocycles. The largest absolute Gasteiger partial charge is 0.497 e. The van der Waals surface area contributed by atoms with E-state index in [1.54, 1.807) is 43.5 Å². The van der Waals surface area contributed by atoms with E-state index in [9.17, 15) is 18.8 Å². The van der Waals surface area contributed by atoms with E-state index in [4.69, 9.17) is 4.74 Å². The Morgan fingerprint density at radius 2 is 1.75 bits per heavy atom. The average molecular weight is 434 g/mol. The minimum absolute atomic E-state index is 0.0615. The summed E-state index contributed by atoms with van der Waals surface area (Å²) in [6.07, 6.45) is 1.44. The van der Waals surface area contributed by atoms with Crippen LogP contribution in [0.1, 0.15) is 5.56 Å². The number of benzene rings is 2. The third kappa shape index (κ3) is 4.27. The summed E-state index contributed by atoms with van der Waals surface area (Å²) < 4.78 is 20.5. The van der Waals surface area contributed by atoms with E-state index in [-0.39, 0.29) is 24.1 Å². The second-order valence-corrected chi connectivity index (χ2v) is 7.03. The number of rotatable bonds is 6. The number of hydrogen-bond donors (Lipinski definition) is 1. The molecule has 0 saturated heterocycles. The van der Waals surface area contributed by atoms with Gasteiger partial charge in [-0.05, 0) is 54.1 Å². The molecule has 2 heterocycles. The Morgan fingerprint density at radius 1 is 1.03 bits per heavy atom.